The standard InChI is InChI=1S/C19H21F3N3O/c20-19(21,22)16-10-5-8-14(17(16)18(23)26)7-3-1-2-4-12-25-15-9-6-11-24-13-15/h5-11,13,25H,1-4,12H2,(H2,23,26). The van der Waals surface area contributed by atoms with E-state index in [2.05, 4.69) is 10.3 Å². The number of carbonyl (C=O) groups is 1. The van der Waals surface area contributed by atoms with Crippen LogP contribution in [0, 0.1) is 6.42 Å². The number of aromatic nitrogens is 1. The van der Waals surface area contributed by atoms with E-state index in [1.165, 1.54) is 12.1 Å². The molecule has 0 bridgehead atoms. The zero-order valence-corrected chi connectivity index (χ0v) is 14.2. The molecule has 0 spiro atoms. The van der Waals surface area contributed by atoms with Gasteiger partial charge < -0.3 is 11.1 Å². The Hall–Kier alpha value is -2.57. The molecule has 26 heavy (non-hydrogen) atoms. The second kappa shape index (κ2) is 9.22. The number of anilines is 1. The fourth-order valence-electron chi connectivity index (χ4n) is 2.66. The molecule has 0 aliphatic carbocycles. The Labute approximate surface area is 150 Å². The van der Waals surface area contributed by atoms with Gasteiger partial charge in [0.1, 0.15) is 0 Å². The highest BCUT2D eigenvalue weighted by atomic mass is 19.4. The molecule has 1 aromatic carbocycles. The summed E-state index contributed by atoms with van der Waals surface area (Å²) in [5.41, 5.74) is 4.91. The number of nitrogens with two attached hydrogens (primary N) is 1. The SMILES string of the molecule is NC(=O)c1c([CH]CCCCCNc2cccnc2)cccc1C(F)(F)F. The van der Waals surface area contributed by atoms with Crippen LogP contribution in [0.15, 0.2) is 42.7 Å². The predicted octanol–water partition coefficient (Wildman–Crippen LogP) is 4.42. The normalized spacial score (nSPS) is 11.3. The summed E-state index contributed by atoms with van der Waals surface area (Å²) >= 11 is 0. The molecule has 0 aliphatic rings. The second-order valence-electron chi connectivity index (χ2n) is 5.85. The highest BCUT2D eigenvalue weighted by Gasteiger charge is 2.35. The van der Waals surface area contributed by atoms with E-state index in [-0.39, 0.29) is 5.56 Å². The van der Waals surface area contributed by atoms with Crippen molar-refractivity contribution < 1.29 is 18.0 Å². The Morgan fingerprint density at radius 2 is 1.96 bits per heavy atom. The van der Waals surface area contributed by atoms with E-state index in [9.17, 15) is 18.0 Å². The average Bonchev–Trinajstić information content (AvgIpc) is 2.60. The van der Waals surface area contributed by atoms with Crippen molar-refractivity contribution in [2.75, 3.05) is 11.9 Å². The van der Waals surface area contributed by atoms with Crippen molar-refractivity contribution in [2.45, 2.75) is 31.9 Å². The largest absolute Gasteiger partial charge is 0.417 e. The molecule has 3 N–H and O–H groups in total. The predicted molar refractivity (Wildman–Crippen MR) is 94.6 cm³/mol. The summed E-state index contributed by atoms with van der Waals surface area (Å²) in [6.45, 7) is 0.793. The smallest absolute Gasteiger partial charge is 0.384 e. The summed E-state index contributed by atoms with van der Waals surface area (Å²) in [6, 6.07) is 7.43. The van der Waals surface area contributed by atoms with Crippen molar-refractivity contribution in [3.8, 4) is 0 Å². The Morgan fingerprint density at radius 1 is 1.15 bits per heavy atom. The lowest BCUT2D eigenvalue weighted by Gasteiger charge is -2.14. The summed E-state index contributed by atoms with van der Waals surface area (Å²) < 4.78 is 39.1. The summed E-state index contributed by atoms with van der Waals surface area (Å²) in [5, 5.41) is 3.24. The first-order chi connectivity index (χ1) is 12.4. The van der Waals surface area contributed by atoms with Gasteiger partial charge in [-0.05, 0) is 43.0 Å². The van der Waals surface area contributed by atoms with E-state index in [1.807, 2.05) is 12.1 Å². The number of nitrogens with zero attached hydrogens (tertiary/aromatic N) is 1. The molecule has 7 heteroatoms. The minimum absolute atomic E-state index is 0.237. The number of unbranched alkanes of at least 4 members (excludes halogenated alkanes) is 3. The van der Waals surface area contributed by atoms with Gasteiger partial charge in [0.15, 0.2) is 0 Å². The third kappa shape index (κ3) is 5.75. The molecule has 0 unspecified atom stereocenters. The zero-order valence-electron chi connectivity index (χ0n) is 14.2. The van der Waals surface area contributed by atoms with Crippen LogP contribution in [0.1, 0.15) is 47.2 Å². The Kier molecular flexibility index (Phi) is 7.00. The monoisotopic (exact) mass is 364 g/mol. The van der Waals surface area contributed by atoms with Gasteiger partial charge in [-0.2, -0.15) is 13.2 Å². The van der Waals surface area contributed by atoms with E-state index >= 15 is 0 Å². The van der Waals surface area contributed by atoms with Gasteiger partial charge in [-0.15, -0.1) is 0 Å². The van der Waals surface area contributed by atoms with Gasteiger partial charge >= 0.3 is 6.18 Å². The fraction of sp³-hybridized carbons (Fsp3) is 0.316. The molecule has 1 aromatic heterocycles. The van der Waals surface area contributed by atoms with Crippen molar-refractivity contribution in [2.24, 2.45) is 5.73 Å². The van der Waals surface area contributed by atoms with E-state index < -0.39 is 23.2 Å². The van der Waals surface area contributed by atoms with Crippen LogP contribution in [-0.4, -0.2) is 17.4 Å². The molecule has 0 saturated carbocycles. The number of alkyl halides is 3. The van der Waals surface area contributed by atoms with Crippen molar-refractivity contribution in [1.29, 1.82) is 0 Å². The first-order valence-corrected chi connectivity index (χ1v) is 8.36. The third-order valence-electron chi connectivity index (χ3n) is 3.88. The molecular formula is C19H21F3N3O. The highest BCUT2D eigenvalue weighted by Crippen LogP contribution is 2.34. The van der Waals surface area contributed by atoms with Crippen molar-refractivity contribution in [3.05, 3.63) is 65.8 Å². The summed E-state index contributed by atoms with van der Waals surface area (Å²) in [5.74, 6) is -1.06. The van der Waals surface area contributed by atoms with Gasteiger partial charge in [0.2, 0.25) is 5.91 Å². The van der Waals surface area contributed by atoms with E-state index in [0.29, 0.717) is 6.42 Å². The van der Waals surface area contributed by atoms with Gasteiger partial charge in [0.25, 0.3) is 0 Å². The van der Waals surface area contributed by atoms with E-state index in [1.54, 1.807) is 18.8 Å². The van der Waals surface area contributed by atoms with Crippen molar-refractivity contribution in [3.63, 3.8) is 0 Å². The summed E-state index contributed by atoms with van der Waals surface area (Å²) in [6.07, 6.45) is 3.71. The fourth-order valence-corrected chi connectivity index (χ4v) is 2.66. The van der Waals surface area contributed by atoms with Crippen LogP contribution in [0.25, 0.3) is 0 Å². The molecule has 2 rings (SSSR count). The van der Waals surface area contributed by atoms with Crippen LogP contribution >= 0.6 is 0 Å². The second-order valence-corrected chi connectivity index (χ2v) is 5.85. The molecule has 0 saturated heterocycles. The third-order valence-corrected chi connectivity index (χ3v) is 3.88. The van der Waals surface area contributed by atoms with Crippen LogP contribution in [0.4, 0.5) is 18.9 Å². The van der Waals surface area contributed by atoms with Gasteiger partial charge in [0.05, 0.1) is 16.8 Å². The molecular weight excluding hydrogens is 343 g/mol. The molecule has 0 atom stereocenters. The number of primary amides is 1. The van der Waals surface area contributed by atoms with E-state index in [0.717, 1.165) is 37.6 Å². The average molecular weight is 364 g/mol. The maximum atomic E-state index is 13.0. The number of halogens is 3. The lowest BCUT2D eigenvalue weighted by Crippen LogP contribution is -2.20. The highest BCUT2D eigenvalue weighted by molar-refractivity contribution is 5.96. The lowest BCUT2D eigenvalue weighted by molar-refractivity contribution is -0.137. The first-order valence-electron chi connectivity index (χ1n) is 8.36. The Bertz CT molecular complexity index is 718. The van der Waals surface area contributed by atoms with Crippen molar-refractivity contribution >= 4 is 11.6 Å². The summed E-state index contributed by atoms with van der Waals surface area (Å²) in [4.78, 5) is 15.5. The zero-order chi connectivity index (χ0) is 19.0. The lowest BCUT2D eigenvalue weighted by atomic mass is 9.95. The van der Waals surface area contributed by atoms with Crippen molar-refractivity contribution in [1.82, 2.24) is 4.98 Å². The summed E-state index contributed by atoms with van der Waals surface area (Å²) in [7, 11) is 0. The van der Waals surface area contributed by atoms with Gasteiger partial charge in [-0.1, -0.05) is 25.0 Å². The van der Waals surface area contributed by atoms with Crippen LogP contribution in [0.5, 0.6) is 0 Å². The van der Waals surface area contributed by atoms with Crippen LogP contribution in [0.3, 0.4) is 0 Å². The number of hydrogen-bond acceptors (Lipinski definition) is 3. The molecule has 2 aromatic rings. The number of hydrogen-bond donors (Lipinski definition) is 2. The van der Waals surface area contributed by atoms with Crippen LogP contribution < -0.4 is 11.1 Å². The minimum Gasteiger partial charge on any atom is -0.384 e. The number of amides is 1. The van der Waals surface area contributed by atoms with Gasteiger partial charge in [0, 0.05) is 18.9 Å². The molecule has 1 heterocycles. The van der Waals surface area contributed by atoms with Crippen LogP contribution in [0.2, 0.25) is 0 Å². The van der Waals surface area contributed by atoms with Gasteiger partial charge in [-0.25, -0.2) is 0 Å². The molecule has 139 valence electrons. The minimum atomic E-state index is -4.60. The maximum absolute atomic E-state index is 13.0. The molecule has 1 radical (unpaired) electrons. The van der Waals surface area contributed by atoms with Crippen LogP contribution in [-0.2, 0) is 6.18 Å². The number of nitrogens with one attached hydrogen (secondary N) is 1. The van der Waals surface area contributed by atoms with E-state index in [4.69, 9.17) is 5.73 Å². The first kappa shape index (κ1) is 19.8. The van der Waals surface area contributed by atoms with Gasteiger partial charge in [-0.3, -0.25) is 9.78 Å². The number of benzene rings is 1. The Balaban J connectivity index is 1.80. The topological polar surface area (TPSA) is 68.0 Å². The molecule has 4 nitrogen and oxygen atoms in total. The maximum Gasteiger partial charge on any atom is 0.417 e. The number of carbonyl (C=O) groups excluding carboxylic acids is 1. The number of rotatable bonds is 9. The quantitative estimate of drug-likeness (QED) is 0.647. The molecule has 0 fully saturated rings. The Morgan fingerprint density at radius 3 is 2.62 bits per heavy atom. The molecule has 0 aliphatic heterocycles. The molecule has 1 amide bonds. The number of pyridine rings is 1.